The molecule has 0 unspecified atom stereocenters. The van der Waals surface area contributed by atoms with Gasteiger partial charge in [0.15, 0.2) is 0 Å². The van der Waals surface area contributed by atoms with Crippen LogP contribution in [-0.2, 0) is 0 Å². The maximum absolute atomic E-state index is 8.05. The van der Waals surface area contributed by atoms with E-state index in [4.69, 9.17) is 16.9 Å². The average Bonchev–Trinajstić information content (AvgIpc) is 1.72. The molecule has 0 saturated carbocycles. The van der Waals surface area contributed by atoms with Crippen molar-refractivity contribution in [3.05, 3.63) is 23.8 Å². The molecule has 7 heavy (non-hydrogen) atoms. The van der Waals surface area contributed by atoms with Gasteiger partial charge in [-0.3, -0.25) is 0 Å². The van der Waals surface area contributed by atoms with E-state index in [1.54, 1.807) is 0 Å². The van der Waals surface area contributed by atoms with Crippen LogP contribution in [0.25, 0.3) is 0 Å². The zero-order valence-corrected chi connectivity index (χ0v) is 4.44. The van der Waals surface area contributed by atoms with Crippen molar-refractivity contribution in [1.82, 2.24) is 0 Å². The molecule has 0 atom stereocenters. The first kappa shape index (κ1) is 6.26. The zero-order chi connectivity index (χ0) is 5.70. The average molecular weight is 114 g/mol. The molecule has 0 aliphatic heterocycles. The van der Waals surface area contributed by atoms with Crippen LogP contribution in [0.1, 0.15) is 0 Å². The lowest BCUT2D eigenvalue weighted by atomic mass is 10.3. The molecule has 0 heterocycles. The highest BCUT2D eigenvalue weighted by Gasteiger charge is 1.78. The first-order chi connectivity index (χ1) is 3.35. The van der Waals surface area contributed by atoms with Gasteiger partial charge in [0, 0.05) is 5.54 Å². The summed E-state index contributed by atoms with van der Waals surface area (Å²) in [5.41, 5.74) is 1.58. The Hall–Kier alpha value is -0.740. The molecule has 0 fully saturated rings. The number of hydrogen-bond donors (Lipinski definition) is 0. The molecule has 0 aliphatic rings. The summed E-state index contributed by atoms with van der Waals surface area (Å²) in [6, 6.07) is 1.81. The van der Waals surface area contributed by atoms with Crippen molar-refractivity contribution in [2.45, 2.75) is 0 Å². The molecule has 0 N–H and O–H groups in total. The summed E-state index contributed by atoms with van der Waals surface area (Å²) < 4.78 is 0. The Kier molecular flexibility index (Phi) is 3.09. The first-order valence-electron chi connectivity index (χ1n) is 1.68. The fourth-order valence-electron chi connectivity index (χ4n) is 0.115. The first-order valence-corrected chi connectivity index (χ1v) is 2.11. The predicted molar refractivity (Wildman–Crippen MR) is 29.7 cm³/mol. The van der Waals surface area contributed by atoms with Gasteiger partial charge in [0.1, 0.15) is 6.07 Å². The fraction of sp³-hybridized carbons (Fsp3) is 0. The maximum Gasteiger partial charge on any atom is 0.100 e. The van der Waals surface area contributed by atoms with E-state index < -0.39 is 0 Å². The van der Waals surface area contributed by atoms with E-state index in [1.165, 1.54) is 11.6 Å². The van der Waals surface area contributed by atoms with Crippen molar-refractivity contribution in [2.75, 3.05) is 0 Å². The van der Waals surface area contributed by atoms with Gasteiger partial charge in [-0.15, -0.1) is 0 Å². The lowest BCUT2D eigenvalue weighted by Crippen LogP contribution is -1.61. The SMILES string of the molecule is C=C/C(C#N)=C\Cl. The monoisotopic (exact) mass is 113 g/mol. The number of allylic oxidation sites excluding steroid dienone is 2. The van der Waals surface area contributed by atoms with Gasteiger partial charge in [0.2, 0.25) is 0 Å². The molecule has 36 valence electrons. The summed E-state index contributed by atoms with van der Waals surface area (Å²) in [5.74, 6) is 0. The summed E-state index contributed by atoms with van der Waals surface area (Å²) >= 11 is 5.11. The standard InChI is InChI=1S/C5H4ClN/c1-2-5(3-6)4-7/h2-3H,1H2/b5-3+. The lowest BCUT2D eigenvalue weighted by molar-refractivity contribution is 1.51. The zero-order valence-electron chi connectivity index (χ0n) is 3.69. The molecule has 0 saturated heterocycles. The molecular formula is C5H4ClN. The third kappa shape index (κ3) is 2.02. The van der Waals surface area contributed by atoms with E-state index in [9.17, 15) is 0 Å². The van der Waals surface area contributed by atoms with E-state index >= 15 is 0 Å². The van der Waals surface area contributed by atoms with Crippen LogP contribution in [0, 0.1) is 11.3 Å². The van der Waals surface area contributed by atoms with Gasteiger partial charge < -0.3 is 0 Å². The highest BCUT2D eigenvalue weighted by atomic mass is 35.5. The molecular weight excluding hydrogens is 110 g/mol. The quantitative estimate of drug-likeness (QED) is 0.376. The molecule has 0 aromatic rings. The van der Waals surface area contributed by atoms with E-state index in [2.05, 4.69) is 6.58 Å². The van der Waals surface area contributed by atoms with E-state index in [0.717, 1.165) is 0 Å². The van der Waals surface area contributed by atoms with Crippen molar-refractivity contribution in [2.24, 2.45) is 0 Å². The minimum Gasteiger partial charge on any atom is -0.192 e. The molecule has 0 radical (unpaired) electrons. The fourth-order valence-corrected chi connectivity index (χ4v) is 0.252. The minimum absolute atomic E-state index is 0.390. The molecule has 0 aromatic carbocycles. The Morgan fingerprint density at radius 1 is 1.86 bits per heavy atom. The minimum atomic E-state index is 0.390. The van der Waals surface area contributed by atoms with Gasteiger partial charge >= 0.3 is 0 Å². The second-order valence-electron chi connectivity index (χ2n) is 0.880. The Balaban J connectivity index is 3.94. The van der Waals surface area contributed by atoms with E-state index in [1.807, 2.05) is 6.07 Å². The van der Waals surface area contributed by atoms with E-state index in [-0.39, 0.29) is 0 Å². The Morgan fingerprint density at radius 2 is 2.43 bits per heavy atom. The molecule has 0 rings (SSSR count). The molecule has 0 bridgehead atoms. The van der Waals surface area contributed by atoms with Crippen LogP contribution in [0.4, 0.5) is 0 Å². The Morgan fingerprint density at radius 3 is 2.43 bits per heavy atom. The smallest absolute Gasteiger partial charge is 0.100 e. The normalized spacial score (nSPS) is 10.0. The number of rotatable bonds is 1. The third-order valence-corrected chi connectivity index (χ3v) is 0.702. The summed E-state index contributed by atoms with van der Waals surface area (Å²) in [4.78, 5) is 0. The summed E-state index contributed by atoms with van der Waals surface area (Å²) in [6.45, 7) is 3.33. The maximum atomic E-state index is 8.05. The third-order valence-electron chi connectivity index (χ3n) is 0.467. The van der Waals surface area contributed by atoms with Gasteiger partial charge in [0.05, 0.1) is 5.57 Å². The van der Waals surface area contributed by atoms with Crippen LogP contribution in [-0.4, -0.2) is 0 Å². The Labute approximate surface area is 47.5 Å². The number of nitriles is 1. The van der Waals surface area contributed by atoms with Gasteiger partial charge in [-0.25, -0.2) is 0 Å². The van der Waals surface area contributed by atoms with Crippen molar-refractivity contribution in [3.63, 3.8) is 0 Å². The van der Waals surface area contributed by atoms with Gasteiger partial charge in [-0.05, 0) is 0 Å². The molecule has 0 aromatic heterocycles. The molecule has 0 aliphatic carbocycles. The van der Waals surface area contributed by atoms with Crippen LogP contribution in [0.5, 0.6) is 0 Å². The number of nitrogens with zero attached hydrogens (tertiary/aromatic N) is 1. The predicted octanol–water partition coefficient (Wildman–Crippen LogP) is 1.82. The van der Waals surface area contributed by atoms with Crippen molar-refractivity contribution in [1.29, 1.82) is 5.26 Å². The van der Waals surface area contributed by atoms with Crippen LogP contribution in [0.3, 0.4) is 0 Å². The Bertz CT molecular complexity index is 130. The second kappa shape index (κ2) is 3.45. The van der Waals surface area contributed by atoms with Crippen LogP contribution < -0.4 is 0 Å². The van der Waals surface area contributed by atoms with Gasteiger partial charge in [-0.1, -0.05) is 24.3 Å². The summed E-state index contributed by atoms with van der Waals surface area (Å²) in [7, 11) is 0. The van der Waals surface area contributed by atoms with Gasteiger partial charge in [-0.2, -0.15) is 5.26 Å². The molecule has 0 amide bonds. The van der Waals surface area contributed by atoms with Crippen LogP contribution in [0.2, 0.25) is 0 Å². The van der Waals surface area contributed by atoms with Crippen molar-refractivity contribution >= 4 is 11.6 Å². The topological polar surface area (TPSA) is 23.8 Å². The number of halogens is 1. The van der Waals surface area contributed by atoms with Crippen molar-refractivity contribution in [3.8, 4) is 6.07 Å². The molecule has 0 spiro atoms. The molecule has 1 nitrogen and oxygen atoms in total. The van der Waals surface area contributed by atoms with Gasteiger partial charge in [0.25, 0.3) is 0 Å². The summed E-state index contributed by atoms with van der Waals surface area (Å²) in [6.07, 6.45) is 1.40. The van der Waals surface area contributed by atoms with Crippen LogP contribution in [0.15, 0.2) is 23.8 Å². The van der Waals surface area contributed by atoms with Crippen molar-refractivity contribution < 1.29 is 0 Å². The highest BCUT2D eigenvalue weighted by molar-refractivity contribution is 6.26. The number of hydrogen-bond acceptors (Lipinski definition) is 1. The molecule has 2 heteroatoms. The summed E-state index contributed by atoms with van der Waals surface area (Å²) in [5, 5.41) is 8.05. The highest BCUT2D eigenvalue weighted by Crippen LogP contribution is 1.93. The second-order valence-corrected chi connectivity index (χ2v) is 1.10. The van der Waals surface area contributed by atoms with Crippen LogP contribution >= 0.6 is 11.6 Å². The largest absolute Gasteiger partial charge is 0.192 e. The lowest BCUT2D eigenvalue weighted by Gasteiger charge is -1.73. The van der Waals surface area contributed by atoms with E-state index in [0.29, 0.717) is 5.57 Å².